The molecule has 106 valence electrons. The van der Waals surface area contributed by atoms with E-state index in [0.717, 1.165) is 32.4 Å². The van der Waals surface area contributed by atoms with Gasteiger partial charge in [-0.25, -0.2) is 0 Å². The lowest BCUT2D eigenvalue weighted by atomic mass is 10.2. The number of amides is 1. The summed E-state index contributed by atoms with van der Waals surface area (Å²) in [4.78, 5) is 14.8. The lowest BCUT2D eigenvalue weighted by Gasteiger charge is -2.05. The summed E-state index contributed by atoms with van der Waals surface area (Å²) >= 11 is 0. The lowest BCUT2D eigenvalue weighted by molar-refractivity contribution is -0.121. The molecule has 1 amide bonds. The summed E-state index contributed by atoms with van der Waals surface area (Å²) in [5.41, 5.74) is 2.45. The molecular weight excluding hydrogens is 250 g/mol. The molecule has 0 atom stereocenters. The largest absolute Gasteiger partial charge is 0.361 e. The summed E-state index contributed by atoms with van der Waals surface area (Å²) in [6.45, 7) is 1.71. The molecule has 0 bridgehead atoms. The van der Waals surface area contributed by atoms with Crippen LogP contribution >= 0.6 is 0 Å². The van der Waals surface area contributed by atoms with Crippen molar-refractivity contribution in [1.29, 1.82) is 0 Å². The maximum absolute atomic E-state index is 11.5. The Kier molecular flexibility index (Phi) is 4.02. The van der Waals surface area contributed by atoms with Gasteiger partial charge in [-0.2, -0.15) is 0 Å². The van der Waals surface area contributed by atoms with Crippen LogP contribution in [0.3, 0.4) is 0 Å². The van der Waals surface area contributed by atoms with Crippen LogP contribution in [0.25, 0.3) is 10.9 Å². The molecule has 2 aromatic rings. The summed E-state index contributed by atoms with van der Waals surface area (Å²) in [6, 6.07) is 8.78. The Labute approximate surface area is 118 Å². The van der Waals surface area contributed by atoms with Gasteiger partial charge in [-0.3, -0.25) is 4.79 Å². The molecule has 4 heteroatoms. The van der Waals surface area contributed by atoms with Crippen LogP contribution in [0.2, 0.25) is 0 Å². The number of aromatic amines is 1. The maximum atomic E-state index is 11.5. The van der Waals surface area contributed by atoms with Gasteiger partial charge in [0.2, 0.25) is 5.91 Å². The zero-order chi connectivity index (χ0) is 13.8. The van der Waals surface area contributed by atoms with Crippen molar-refractivity contribution in [2.75, 3.05) is 6.54 Å². The van der Waals surface area contributed by atoms with Crippen LogP contribution in [-0.4, -0.2) is 23.5 Å². The topological polar surface area (TPSA) is 56.9 Å². The number of hydrogen-bond donors (Lipinski definition) is 3. The van der Waals surface area contributed by atoms with Crippen molar-refractivity contribution < 1.29 is 4.79 Å². The van der Waals surface area contributed by atoms with Crippen molar-refractivity contribution in [2.45, 2.75) is 38.3 Å². The van der Waals surface area contributed by atoms with Crippen LogP contribution in [0.5, 0.6) is 0 Å². The second-order valence-corrected chi connectivity index (χ2v) is 5.48. The second-order valence-electron chi connectivity index (χ2n) is 5.48. The molecule has 1 heterocycles. The normalized spacial score (nSPS) is 14.6. The highest BCUT2D eigenvalue weighted by Gasteiger charge is 2.22. The SMILES string of the molecule is O=C(CCCNCc1c[nH]c2ccccc12)NC1CC1. The van der Waals surface area contributed by atoms with Crippen molar-refractivity contribution >= 4 is 16.8 Å². The third kappa shape index (κ3) is 3.39. The Morgan fingerprint density at radius 3 is 3.00 bits per heavy atom. The molecule has 0 unspecified atom stereocenters. The number of H-pyrrole nitrogens is 1. The smallest absolute Gasteiger partial charge is 0.220 e. The van der Waals surface area contributed by atoms with Crippen molar-refractivity contribution in [2.24, 2.45) is 0 Å². The first-order valence-electron chi connectivity index (χ1n) is 7.38. The Hall–Kier alpha value is -1.81. The van der Waals surface area contributed by atoms with Gasteiger partial charge < -0.3 is 15.6 Å². The van der Waals surface area contributed by atoms with E-state index in [4.69, 9.17) is 0 Å². The number of aromatic nitrogens is 1. The highest BCUT2D eigenvalue weighted by Crippen LogP contribution is 2.19. The van der Waals surface area contributed by atoms with Crippen LogP contribution < -0.4 is 10.6 Å². The molecule has 0 spiro atoms. The summed E-state index contributed by atoms with van der Waals surface area (Å²) in [6.07, 6.45) is 5.88. The van der Waals surface area contributed by atoms with Gasteiger partial charge in [0.25, 0.3) is 0 Å². The van der Waals surface area contributed by atoms with E-state index in [9.17, 15) is 4.79 Å². The number of benzene rings is 1. The van der Waals surface area contributed by atoms with Crippen LogP contribution in [-0.2, 0) is 11.3 Å². The summed E-state index contributed by atoms with van der Waals surface area (Å²) in [5.74, 6) is 0.196. The molecule has 4 nitrogen and oxygen atoms in total. The fraction of sp³-hybridized carbons (Fsp3) is 0.438. The number of nitrogens with one attached hydrogen (secondary N) is 3. The molecule has 0 radical (unpaired) electrons. The minimum absolute atomic E-state index is 0.196. The van der Waals surface area contributed by atoms with Crippen LogP contribution in [0.4, 0.5) is 0 Å². The zero-order valence-corrected chi connectivity index (χ0v) is 11.6. The van der Waals surface area contributed by atoms with Gasteiger partial charge in [0, 0.05) is 36.1 Å². The highest BCUT2D eigenvalue weighted by molar-refractivity contribution is 5.82. The second kappa shape index (κ2) is 6.09. The van der Waals surface area contributed by atoms with Crippen LogP contribution in [0, 0.1) is 0 Å². The number of fused-ring (bicyclic) bond motifs is 1. The van der Waals surface area contributed by atoms with E-state index in [1.807, 2.05) is 6.07 Å². The van der Waals surface area contributed by atoms with Crippen LogP contribution in [0.15, 0.2) is 30.5 Å². The predicted molar refractivity (Wildman–Crippen MR) is 80.4 cm³/mol. The quantitative estimate of drug-likeness (QED) is 0.677. The van der Waals surface area contributed by atoms with E-state index in [1.54, 1.807) is 0 Å². The zero-order valence-electron chi connectivity index (χ0n) is 11.6. The summed E-state index contributed by atoms with van der Waals surface area (Å²) < 4.78 is 0. The fourth-order valence-electron chi connectivity index (χ4n) is 2.40. The van der Waals surface area contributed by atoms with Gasteiger partial charge >= 0.3 is 0 Å². The third-order valence-corrected chi connectivity index (χ3v) is 3.69. The summed E-state index contributed by atoms with van der Waals surface area (Å²) in [5, 5.41) is 7.68. The first-order valence-corrected chi connectivity index (χ1v) is 7.38. The van der Waals surface area contributed by atoms with E-state index in [2.05, 4.69) is 40.0 Å². The average molecular weight is 271 g/mol. The van der Waals surface area contributed by atoms with Crippen molar-refractivity contribution in [3.05, 3.63) is 36.0 Å². The highest BCUT2D eigenvalue weighted by atomic mass is 16.1. The Bertz CT molecular complexity index is 586. The minimum Gasteiger partial charge on any atom is -0.361 e. The molecule has 1 aromatic carbocycles. The molecule has 1 saturated carbocycles. The van der Waals surface area contributed by atoms with Gasteiger partial charge in [0.05, 0.1) is 0 Å². The molecule has 0 saturated heterocycles. The number of carbonyl (C=O) groups is 1. The molecule has 3 rings (SSSR count). The summed E-state index contributed by atoms with van der Waals surface area (Å²) in [7, 11) is 0. The monoisotopic (exact) mass is 271 g/mol. The molecule has 3 N–H and O–H groups in total. The van der Waals surface area contributed by atoms with Gasteiger partial charge in [-0.15, -0.1) is 0 Å². The van der Waals surface area contributed by atoms with E-state index in [0.29, 0.717) is 12.5 Å². The molecule has 20 heavy (non-hydrogen) atoms. The first-order chi connectivity index (χ1) is 9.83. The minimum atomic E-state index is 0.196. The molecule has 1 fully saturated rings. The van der Waals surface area contributed by atoms with Gasteiger partial charge in [0.1, 0.15) is 0 Å². The van der Waals surface area contributed by atoms with Crippen molar-refractivity contribution in [3.8, 4) is 0 Å². The first kappa shape index (κ1) is 13.2. The van der Waals surface area contributed by atoms with Gasteiger partial charge in [-0.05, 0) is 37.4 Å². The van der Waals surface area contributed by atoms with E-state index < -0.39 is 0 Å². The van der Waals surface area contributed by atoms with Crippen molar-refractivity contribution in [1.82, 2.24) is 15.6 Å². The molecular formula is C16H21N3O. The average Bonchev–Trinajstić information content (AvgIpc) is 3.17. The molecule has 0 aliphatic heterocycles. The molecule has 1 aliphatic rings. The Morgan fingerprint density at radius 1 is 1.30 bits per heavy atom. The third-order valence-electron chi connectivity index (χ3n) is 3.69. The Balaban J connectivity index is 1.38. The standard InChI is InChI=1S/C16H21N3O/c20-16(19-13-7-8-13)6-3-9-17-10-12-11-18-15-5-2-1-4-14(12)15/h1-2,4-5,11,13,17-18H,3,6-10H2,(H,19,20). The molecule has 1 aromatic heterocycles. The number of rotatable bonds is 7. The van der Waals surface area contributed by atoms with Gasteiger partial charge in [-0.1, -0.05) is 18.2 Å². The number of para-hydroxylation sites is 1. The predicted octanol–water partition coefficient (Wildman–Crippen LogP) is 2.32. The van der Waals surface area contributed by atoms with Gasteiger partial charge in [0.15, 0.2) is 0 Å². The number of hydrogen-bond acceptors (Lipinski definition) is 2. The lowest BCUT2D eigenvalue weighted by Crippen LogP contribution is -2.26. The maximum Gasteiger partial charge on any atom is 0.220 e. The fourth-order valence-corrected chi connectivity index (χ4v) is 2.40. The van der Waals surface area contributed by atoms with E-state index >= 15 is 0 Å². The van der Waals surface area contributed by atoms with Crippen molar-refractivity contribution in [3.63, 3.8) is 0 Å². The Morgan fingerprint density at radius 2 is 2.15 bits per heavy atom. The van der Waals surface area contributed by atoms with E-state index in [1.165, 1.54) is 16.5 Å². The number of carbonyl (C=O) groups excluding carboxylic acids is 1. The molecule has 1 aliphatic carbocycles. The van der Waals surface area contributed by atoms with Crippen LogP contribution in [0.1, 0.15) is 31.2 Å². The van der Waals surface area contributed by atoms with E-state index in [-0.39, 0.29) is 5.91 Å².